The van der Waals surface area contributed by atoms with Gasteiger partial charge in [0.15, 0.2) is 0 Å². The van der Waals surface area contributed by atoms with Gasteiger partial charge in [-0.2, -0.15) is 11.3 Å². The van der Waals surface area contributed by atoms with Crippen molar-refractivity contribution in [3.63, 3.8) is 0 Å². The molecule has 78 valence electrons. The molecule has 2 unspecified atom stereocenters. The lowest BCUT2D eigenvalue weighted by Crippen LogP contribution is -2.29. The van der Waals surface area contributed by atoms with Crippen LogP contribution in [0.2, 0.25) is 0 Å². The zero-order valence-electron chi connectivity index (χ0n) is 7.91. The average Bonchev–Trinajstić information content (AvgIpc) is 2.65. The molecule has 1 aromatic rings. The van der Waals surface area contributed by atoms with E-state index in [1.54, 1.807) is 11.3 Å². The lowest BCUT2D eigenvalue weighted by atomic mass is 10.0. The SMILES string of the molecule is NCC1CCCC(c2cscc2Br)O1. The van der Waals surface area contributed by atoms with Crippen LogP contribution in [0.3, 0.4) is 0 Å². The second-order valence-corrected chi connectivity index (χ2v) is 5.19. The van der Waals surface area contributed by atoms with E-state index in [0.29, 0.717) is 6.54 Å². The maximum atomic E-state index is 5.91. The Hall–Kier alpha value is 0.1000. The second-order valence-electron chi connectivity index (χ2n) is 3.59. The van der Waals surface area contributed by atoms with Crippen LogP contribution < -0.4 is 5.73 Å². The third-order valence-electron chi connectivity index (χ3n) is 2.60. The van der Waals surface area contributed by atoms with Crippen molar-refractivity contribution in [2.45, 2.75) is 31.5 Å². The molecule has 1 fully saturated rings. The van der Waals surface area contributed by atoms with E-state index in [1.165, 1.54) is 16.5 Å². The Morgan fingerprint density at radius 2 is 2.36 bits per heavy atom. The van der Waals surface area contributed by atoms with Crippen molar-refractivity contribution in [2.24, 2.45) is 5.73 Å². The van der Waals surface area contributed by atoms with Gasteiger partial charge in [0.25, 0.3) is 0 Å². The molecule has 0 aromatic carbocycles. The van der Waals surface area contributed by atoms with Gasteiger partial charge in [-0.05, 0) is 40.6 Å². The summed E-state index contributed by atoms with van der Waals surface area (Å²) in [4.78, 5) is 0. The Morgan fingerprint density at radius 3 is 3.00 bits per heavy atom. The fraction of sp³-hybridized carbons (Fsp3) is 0.600. The highest BCUT2D eigenvalue weighted by Gasteiger charge is 2.24. The first-order chi connectivity index (χ1) is 6.81. The maximum Gasteiger partial charge on any atom is 0.0848 e. The molecule has 2 N–H and O–H groups in total. The molecule has 0 spiro atoms. The van der Waals surface area contributed by atoms with Crippen LogP contribution in [0.5, 0.6) is 0 Å². The predicted molar refractivity (Wildman–Crippen MR) is 62.5 cm³/mol. The summed E-state index contributed by atoms with van der Waals surface area (Å²) >= 11 is 5.25. The number of nitrogens with two attached hydrogens (primary N) is 1. The molecular formula is C10H14BrNOS. The normalized spacial score (nSPS) is 27.9. The van der Waals surface area contributed by atoms with E-state index in [2.05, 4.69) is 26.7 Å². The minimum absolute atomic E-state index is 0.248. The van der Waals surface area contributed by atoms with E-state index in [9.17, 15) is 0 Å². The van der Waals surface area contributed by atoms with Crippen molar-refractivity contribution in [1.29, 1.82) is 0 Å². The number of hydrogen-bond acceptors (Lipinski definition) is 3. The molecule has 0 amide bonds. The Morgan fingerprint density at radius 1 is 1.50 bits per heavy atom. The van der Waals surface area contributed by atoms with Crippen LogP contribution in [0.1, 0.15) is 30.9 Å². The topological polar surface area (TPSA) is 35.2 Å². The van der Waals surface area contributed by atoms with Gasteiger partial charge in [-0.1, -0.05) is 0 Å². The second kappa shape index (κ2) is 4.75. The summed E-state index contributed by atoms with van der Waals surface area (Å²) in [6.07, 6.45) is 3.94. The van der Waals surface area contributed by atoms with Crippen molar-refractivity contribution in [3.05, 3.63) is 20.8 Å². The molecule has 1 aromatic heterocycles. The first-order valence-corrected chi connectivity index (χ1v) is 6.62. The monoisotopic (exact) mass is 275 g/mol. The number of thiophene rings is 1. The van der Waals surface area contributed by atoms with Crippen LogP contribution in [0.15, 0.2) is 15.2 Å². The van der Waals surface area contributed by atoms with Crippen LogP contribution in [0, 0.1) is 0 Å². The Balaban J connectivity index is 2.08. The molecule has 14 heavy (non-hydrogen) atoms. The van der Waals surface area contributed by atoms with Crippen molar-refractivity contribution < 1.29 is 4.74 Å². The molecule has 1 aliphatic rings. The van der Waals surface area contributed by atoms with Crippen LogP contribution in [0.4, 0.5) is 0 Å². The van der Waals surface area contributed by atoms with E-state index in [-0.39, 0.29) is 12.2 Å². The van der Waals surface area contributed by atoms with Crippen LogP contribution >= 0.6 is 27.3 Å². The molecular weight excluding hydrogens is 262 g/mol. The summed E-state index contributed by atoms with van der Waals surface area (Å²) in [7, 11) is 0. The lowest BCUT2D eigenvalue weighted by Gasteiger charge is -2.29. The molecule has 0 aliphatic carbocycles. The largest absolute Gasteiger partial charge is 0.369 e. The van der Waals surface area contributed by atoms with Gasteiger partial charge < -0.3 is 10.5 Å². The van der Waals surface area contributed by atoms with Crippen LogP contribution in [-0.4, -0.2) is 12.6 Å². The van der Waals surface area contributed by atoms with Gasteiger partial charge in [0.05, 0.1) is 12.2 Å². The molecule has 4 heteroatoms. The summed E-state index contributed by atoms with van der Waals surface area (Å²) in [6, 6.07) is 0. The summed E-state index contributed by atoms with van der Waals surface area (Å²) < 4.78 is 7.08. The van der Waals surface area contributed by atoms with E-state index in [4.69, 9.17) is 10.5 Å². The van der Waals surface area contributed by atoms with Gasteiger partial charge in [0.1, 0.15) is 0 Å². The summed E-state index contributed by atoms with van der Waals surface area (Å²) in [5.41, 5.74) is 6.91. The van der Waals surface area contributed by atoms with E-state index in [0.717, 1.165) is 12.8 Å². The smallest absolute Gasteiger partial charge is 0.0848 e. The number of ether oxygens (including phenoxy) is 1. The quantitative estimate of drug-likeness (QED) is 0.901. The maximum absolute atomic E-state index is 5.91. The Kier molecular flexibility index (Phi) is 3.60. The molecule has 2 rings (SSSR count). The van der Waals surface area contributed by atoms with Gasteiger partial charge in [0, 0.05) is 22.0 Å². The minimum atomic E-state index is 0.248. The molecule has 1 saturated heterocycles. The third kappa shape index (κ3) is 2.19. The molecule has 0 bridgehead atoms. The molecule has 1 aliphatic heterocycles. The standard InChI is InChI=1S/C10H14BrNOS/c11-9-6-14-5-8(9)10-3-1-2-7(4-12)13-10/h5-7,10H,1-4,12H2. The first-order valence-electron chi connectivity index (χ1n) is 4.88. The van der Waals surface area contributed by atoms with Crippen LogP contribution in [0.25, 0.3) is 0 Å². The van der Waals surface area contributed by atoms with Crippen LogP contribution in [-0.2, 0) is 4.74 Å². The lowest BCUT2D eigenvalue weighted by molar-refractivity contribution is -0.0463. The highest BCUT2D eigenvalue weighted by Crippen LogP contribution is 2.36. The highest BCUT2D eigenvalue weighted by molar-refractivity contribution is 9.10. The van der Waals surface area contributed by atoms with Crippen molar-refractivity contribution in [2.75, 3.05) is 6.54 Å². The zero-order valence-corrected chi connectivity index (χ0v) is 10.3. The zero-order chi connectivity index (χ0) is 9.97. The average molecular weight is 276 g/mol. The summed E-state index contributed by atoms with van der Waals surface area (Å²) in [6.45, 7) is 0.637. The molecule has 0 radical (unpaired) electrons. The molecule has 2 atom stereocenters. The number of halogens is 1. The highest BCUT2D eigenvalue weighted by atomic mass is 79.9. The number of hydrogen-bond donors (Lipinski definition) is 1. The Labute approximate surface area is 96.6 Å². The fourth-order valence-corrected chi connectivity index (χ4v) is 3.42. The van der Waals surface area contributed by atoms with E-state index >= 15 is 0 Å². The minimum Gasteiger partial charge on any atom is -0.369 e. The van der Waals surface area contributed by atoms with Gasteiger partial charge in [-0.15, -0.1) is 0 Å². The van der Waals surface area contributed by atoms with Crippen molar-refractivity contribution >= 4 is 27.3 Å². The van der Waals surface area contributed by atoms with Crippen molar-refractivity contribution in [1.82, 2.24) is 0 Å². The molecule has 0 saturated carbocycles. The molecule has 2 heterocycles. The van der Waals surface area contributed by atoms with Gasteiger partial charge in [0.2, 0.25) is 0 Å². The summed E-state index contributed by atoms with van der Waals surface area (Å²) in [5, 5.41) is 4.26. The van der Waals surface area contributed by atoms with Gasteiger partial charge in [-0.3, -0.25) is 0 Å². The van der Waals surface area contributed by atoms with E-state index in [1.807, 2.05) is 0 Å². The van der Waals surface area contributed by atoms with Gasteiger partial charge in [-0.25, -0.2) is 0 Å². The first kappa shape index (κ1) is 10.6. The summed E-state index contributed by atoms with van der Waals surface area (Å²) in [5.74, 6) is 0. The Bertz CT molecular complexity index is 302. The molecule has 2 nitrogen and oxygen atoms in total. The van der Waals surface area contributed by atoms with E-state index < -0.39 is 0 Å². The van der Waals surface area contributed by atoms with Crippen molar-refractivity contribution in [3.8, 4) is 0 Å². The van der Waals surface area contributed by atoms with Gasteiger partial charge >= 0.3 is 0 Å². The fourth-order valence-electron chi connectivity index (χ4n) is 1.82. The predicted octanol–water partition coefficient (Wildman–Crippen LogP) is 3.08. The number of rotatable bonds is 2. The third-order valence-corrected chi connectivity index (χ3v) is 4.35.